The van der Waals surface area contributed by atoms with Crippen molar-refractivity contribution in [3.63, 3.8) is 0 Å². The quantitative estimate of drug-likeness (QED) is 0.566. The van der Waals surface area contributed by atoms with E-state index in [4.69, 9.17) is 9.84 Å². The average Bonchev–Trinajstić information content (AvgIpc) is 2.50. The van der Waals surface area contributed by atoms with Crippen molar-refractivity contribution in [2.45, 2.75) is 6.04 Å². The van der Waals surface area contributed by atoms with Crippen LogP contribution in [0, 0.1) is 5.92 Å². The largest absolute Gasteiger partial charge is 0.481 e. The second kappa shape index (κ2) is 3.53. The summed E-state index contributed by atoms with van der Waals surface area (Å²) in [6, 6.07) is -0.319. The molecule has 0 aromatic carbocycles. The molecular weight excluding hydrogens is 162 g/mol. The second-order valence-corrected chi connectivity index (χ2v) is 2.82. The van der Waals surface area contributed by atoms with Gasteiger partial charge in [-0.1, -0.05) is 0 Å². The van der Waals surface area contributed by atoms with Crippen molar-refractivity contribution in [3.8, 4) is 0 Å². The summed E-state index contributed by atoms with van der Waals surface area (Å²) in [6.07, 6.45) is 0.620. The SMILES string of the molecule is CN(C=O)C1COCC1C(=O)O. The molecule has 1 rings (SSSR count). The van der Waals surface area contributed by atoms with Gasteiger partial charge < -0.3 is 14.7 Å². The van der Waals surface area contributed by atoms with Gasteiger partial charge in [0.2, 0.25) is 6.41 Å². The molecule has 5 heteroatoms. The maximum atomic E-state index is 10.6. The molecule has 2 atom stereocenters. The Balaban J connectivity index is 2.63. The molecule has 1 N–H and O–H groups in total. The Morgan fingerprint density at radius 2 is 2.33 bits per heavy atom. The Morgan fingerprint density at radius 3 is 2.83 bits per heavy atom. The van der Waals surface area contributed by atoms with Crippen molar-refractivity contribution >= 4 is 12.4 Å². The number of carboxylic acids is 1. The molecule has 0 radical (unpaired) electrons. The molecule has 0 aliphatic carbocycles. The van der Waals surface area contributed by atoms with Gasteiger partial charge in [-0.3, -0.25) is 9.59 Å². The lowest BCUT2D eigenvalue weighted by molar-refractivity contribution is -0.143. The number of carbonyl (C=O) groups is 2. The summed E-state index contributed by atoms with van der Waals surface area (Å²) in [5, 5.41) is 8.71. The summed E-state index contributed by atoms with van der Waals surface area (Å²) >= 11 is 0. The van der Waals surface area contributed by atoms with Crippen LogP contribution in [-0.4, -0.2) is 48.7 Å². The Labute approximate surface area is 69.9 Å². The van der Waals surface area contributed by atoms with Gasteiger partial charge in [0.1, 0.15) is 5.92 Å². The highest BCUT2D eigenvalue weighted by atomic mass is 16.5. The lowest BCUT2D eigenvalue weighted by Gasteiger charge is -2.21. The molecule has 1 amide bonds. The van der Waals surface area contributed by atoms with Crippen LogP contribution in [0.5, 0.6) is 0 Å². The number of ether oxygens (including phenoxy) is 1. The molecule has 1 aliphatic rings. The summed E-state index contributed by atoms with van der Waals surface area (Å²) in [6.45, 7) is 0.504. The summed E-state index contributed by atoms with van der Waals surface area (Å²) in [5.41, 5.74) is 0. The summed E-state index contributed by atoms with van der Waals surface area (Å²) < 4.78 is 4.97. The molecule has 1 heterocycles. The van der Waals surface area contributed by atoms with Crippen molar-refractivity contribution < 1.29 is 19.4 Å². The lowest BCUT2D eigenvalue weighted by atomic mass is 10.0. The van der Waals surface area contributed by atoms with Crippen molar-refractivity contribution in [1.82, 2.24) is 4.90 Å². The van der Waals surface area contributed by atoms with Crippen molar-refractivity contribution in [2.75, 3.05) is 20.3 Å². The number of carbonyl (C=O) groups excluding carboxylic acids is 1. The number of likely N-dealkylation sites (N-methyl/N-ethyl adjacent to an activating group) is 1. The van der Waals surface area contributed by atoms with Gasteiger partial charge in [0, 0.05) is 7.05 Å². The molecule has 0 spiro atoms. The predicted molar refractivity (Wildman–Crippen MR) is 39.6 cm³/mol. The van der Waals surface area contributed by atoms with Crippen LogP contribution in [0.4, 0.5) is 0 Å². The summed E-state index contributed by atoms with van der Waals surface area (Å²) in [7, 11) is 1.56. The van der Waals surface area contributed by atoms with Gasteiger partial charge in [0.25, 0.3) is 0 Å². The van der Waals surface area contributed by atoms with E-state index in [1.165, 1.54) is 4.90 Å². The molecule has 0 saturated carbocycles. The lowest BCUT2D eigenvalue weighted by Crippen LogP contribution is -2.39. The van der Waals surface area contributed by atoms with Gasteiger partial charge in [-0.25, -0.2) is 0 Å². The number of carboxylic acid groups (broad SMARTS) is 1. The van der Waals surface area contributed by atoms with Crippen molar-refractivity contribution in [1.29, 1.82) is 0 Å². The fourth-order valence-corrected chi connectivity index (χ4v) is 1.26. The van der Waals surface area contributed by atoms with E-state index < -0.39 is 11.9 Å². The van der Waals surface area contributed by atoms with Crippen molar-refractivity contribution in [2.24, 2.45) is 5.92 Å². The zero-order valence-electron chi connectivity index (χ0n) is 6.77. The molecule has 1 saturated heterocycles. The zero-order chi connectivity index (χ0) is 9.14. The molecule has 1 aliphatic heterocycles. The minimum Gasteiger partial charge on any atom is -0.481 e. The predicted octanol–water partition coefficient (Wildman–Crippen LogP) is -0.826. The normalized spacial score (nSPS) is 28.4. The average molecular weight is 173 g/mol. The van der Waals surface area contributed by atoms with E-state index in [1.807, 2.05) is 0 Å². The Morgan fingerprint density at radius 1 is 1.67 bits per heavy atom. The van der Waals surface area contributed by atoms with Crippen LogP contribution in [0.3, 0.4) is 0 Å². The van der Waals surface area contributed by atoms with Crippen LogP contribution in [0.1, 0.15) is 0 Å². The van der Waals surface area contributed by atoms with E-state index in [0.29, 0.717) is 13.0 Å². The van der Waals surface area contributed by atoms with Gasteiger partial charge in [0.15, 0.2) is 0 Å². The first kappa shape index (κ1) is 8.99. The number of nitrogens with zero attached hydrogens (tertiary/aromatic N) is 1. The van der Waals surface area contributed by atoms with Crippen LogP contribution in [0.25, 0.3) is 0 Å². The number of hydrogen-bond donors (Lipinski definition) is 1. The minimum atomic E-state index is -0.911. The molecule has 5 nitrogen and oxygen atoms in total. The second-order valence-electron chi connectivity index (χ2n) is 2.82. The van der Waals surface area contributed by atoms with Crippen molar-refractivity contribution in [3.05, 3.63) is 0 Å². The number of amides is 1. The van der Waals surface area contributed by atoms with E-state index in [0.717, 1.165) is 0 Å². The first-order valence-electron chi connectivity index (χ1n) is 3.64. The van der Waals surface area contributed by atoms with Gasteiger partial charge in [-0.05, 0) is 0 Å². The number of aliphatic carboxylic acids is 1. The Kier molecular flexibility index (Phi) is 2.65. The first-order valence-corrected chi connectivity index (χ1v) is 3.64. The maximum absolute atomic E-state index is 10.6. The minimum absolute atomic E-state index is 0.193. The highest BCUT2D eigenvalue weighted by Gasteiger charge is 2.36. The van der Waals surface area contributed by atoms with Gasteiger partial charge in [-0.15, -0.1) is 0 Å². The molecule has 2 unspecified atom stereocenters. The number of hydrogen-bond acceptors (Lipinski definition) is 3. The topological polar surface area (TPSA) is 66.8 Å². The number of rotatable bonds is 3. The fraction of sp³-hybridized carbons (Fsp3) is 0.714. The van der Waals surface area contributed by atoms with E-state index >= 15 is 0 Å². The van der Waals surface area contributed by atoms with E-state index in [1.54, 1.807) is 7.05 Å². The molecule has 0 aromatic heterocycles. The third kappa shape index (κ3) is 1.55. The van der Waals surface area contributed by atoms with Crippen LogP contribution in [0.15, 0.2) is 0 Å². The molecule has 68 valence electrons. The third-order valence-electron chi connectivity index (χ3n) is 2.06. The first-order chi connectivity index (χ1) is 5.66. The molecule has 12 heavy (non-hydrogen) atoms. The monoisotopic (exact) mass is 173 g/mol. The Bertz CT molecular complexity index is 194. The maximum Gasteiger partial charge on any atom is 0.311 e. The molecule has 1 fully saturated rings. The van der Waals surface area contributed by atoms with Crippen LogP contribution in [-0.2, 0) is 14.3 Å². The van der Waals surface area contributed by atoms with E-state index in [9.17, 15) is 9.59 Å². The van der Waals surface area contributed by atoms with Gasteiger partial charge in [-0.2, -0.15) is 0 Å². The van der Waals surface area contributed by atoms with Crippen LogP contribution in [0.2, 0.25) is 0 Å². The van der Waals surface area contributed by atoms with Crippen LogP contribution >= 0.6 is 0 Å². The smallest absolute Gasteiger partial charge is 0.311 e. The Hall–Kier alpha value is -1.10. The summed E-state index contributed by atoms with van der Waals surface area (Å²) in [4.78, 5) is 22.3. The summed E-state index contributed by atoms with van der Waals surface area (Å²) in [5.74, 6) is -1.49. The van der Waals surface area contributed by atoms with Crippen LogP contribution < -0.4 is 0 Å². The van der Waals surface area contributed by atoms with E-state index in [-0.39, 0.29) is 12.6 Å². The highest BCUT2D eigenvalue weighted by Crippen LogP contribution is 2.17. The highest BCUT2D eigenvalue weighted by molar-refractivity contribution is 5.72. The zero-order valence-corrected chi connectivity index (χ0v) is 6.77. The fourth-order valence-electron chi connectivity index (χ4n) is 1.26. The molecule has 0 aromatic rings. The molecule has 0 bridgehead atoms. The molecular formula is C7H11NO4. The van der Waals surface area contributed by atoms with Gasteiger partial charge >= 0.3 is 5.97 Å². The third-order valence-corrected chi connectivity index (χ3v) is 2.06. The standard InChI is InChI=1S/C7H11NO4/c1-8(4-9)6-3-12-2-5(6)7(10)11/h4-6H,2-3H2,1H3,(H,10,11). The van der Waals surface area contributed by atoms with Gasteiger partial charge in [0.05, 0.1) is 19.3 Å². The van der Waals surface area contributed by atoms with E-state index in [2.05, 4.69) is 0 Å².